The third kappa shape index (κ3) is 5.03. The van der Waals surface area contributed by atoms with E-state index in [-0.39, 0.29) is 5.56 Å². The molecular weight excluding hydrogens is 398 g/mol. The molecule has 0 aliphatic carbocycles. The second kappa shape index (κ2) is 9.80. The number of carbonyl (C=O) groups excluding carboxylic acids is 1. The van der Waals surface area contributed by atoms with Crippen LogP contribution in [0.5, 0.6) is 17.2 Å². The van der Waals surface area contributed by atoms with Crippen molar-refractivity contribution >= 4 is 11.6 Å². The maximum Gasteiger partial charge on any atom is 0.267 e. The molecule has 0 spiro atoms. The molecule has 1 N–H and O–H groups in total. The molecule has 0 bridgehead atoms. The standard InChI is InChI=1S/C23H25N3O5/c1-5-31-17-8-6-16(7-9-17)19-11-13-22(27)26(25-19)15(2)23(28)24-20-14-18(29-3)10-12-21(20)30-4/h6-15H,5H2,1-4H3,(H,24,28). The van der Waals surface area contributed by atoms with Crippen LogP contribution in [0.3, 0.4) is 0 Å². The molecule has 1 heterocycles. The maximum atomic E-state index is 12.9. The van der Waals surface area contributed by atoms with Crippen LogP contribution in [-0.2, 0) is 4.79 Å². The van der Waals surface area contributed by atoms with Crippen molar-refractivity contribution in [3.05, 3.63) is 65.0 Å². The highest BCUT2D eigenvalue weighted by Gasteiger charge is 2.20. The van der Waals surface area contributed by atoms with Gasteiger partial charge in [0.15, 0.2) is 0 Å². The normalized spacial score (nSPS) is 11.5. The summed E-state index contributed by atoms with van der Waals surface area (Å²) in [5.41, 5.74) is 1.44. The zero-order valence-corrected chi connectivity index (χ0v) is 17.9. The first-order valence-electron chi connectivity index (χ1n) is 9.82. The number of methoxy groups -OCH3 is 2. The van der Waals surface area contributed by atoms with Crippen LogP contribution in [0.25, 0.3) is 11.3 Å². The molecule has 0 aliphatic rings. The van der Waals surface area contributed by atoms with Gasteiger partial charge in [-0.25, -0.2) is 4.68 Å². The van der Waals surface area contributed by atoms with Crippen molar-refractivity contribution in [3.63, 3.8) is 0 Å². The zero-order chi connectivity index (χ0) is 22.4. The van der Waals surface area contributed by atoms with Crippen LogP contribution >= 0.6 is 0 Å². The molecule has 31 heavy (non-hydrogen) atoms. The predicted octanol–water partition coefficient (Wildman–Crippen LogP) is 3.53. The van der Waals surface area contributed by atoms with Gasteiger partial charge >= 0.3 is 0 Å². The van der Waals surface area contributed by atoms with E-state index < -0.39 is 11.9 Å². The smallest absolute Gasteiger partial charge is 0.267 e. The molecule has 1 unspecified atom stereocenters. The summed E-state index contributed by atoms with van der Waals surface area (Å²) < 4.78 is 17.1. The highest BCUT2D eigenvalue weighted by molar-refractivity contribution is 5.95. The Hall–Kier alpha value is -3.81. The van der Waals surface area contributed by atoms with E-state index in [2.05, 4.69) is 10.4 Å². The fourth-order valence-corrected chi connectivity index (χ4v) is 3.01. The summed E-state index contributed by atoms with van der Waals surface area (Å²) in [6, 6.07) is 14.6. The third-order valence-corrected chi connectivity index (χ3v) is 4.70. The van der Waals surface area contributed by atoms with Crippen molar-refractivity contribution in [2.75, 3.05) is 26.1 Å². The minimum absolute atomic E-state index is 0.380. The van der Waals surface area contributed by atoms with E-state index in [1.165, 1.54) is 20.3 Å². The number of aromatic nitrogens is 2. The summed E-state index contributed by atoms with van der Waals surface area (Å²) >= 11 is 0. The number of anilines is 1. The van der Waals surface area contributed by atoms with Gasteiger partial charge in [0.25, 0.3) is 5.56 Å². The quantitative estimate of drug-likeness (QED) is 0.596. The van der Waals surface area contributed by atoms with Crippen molar-refractivity contribution < 1.29 is 19.0 Å². The van der Waals surface area contributed by atoms with Crippen LogP contribution in [0, 0.1) is 0 Å². The number of nitrogens with zero attached hydrogens (tertiary/aromatic N) is 2. The molecule has 1 atom stereocenters. The van der Waals surface area contributed by atoms with Crippen LogP contribution in [0.1, 0.15) is 19.9 Å². The number of ether oxygens (including phenoxy) is 3. The lowest BCUT2D eigenvalue weighted by Crippen LogP contribution is -2.33. The van der Waals surface area contributed by atoms with Gasteiger partial charge in [-0.05, 0) is 56.3 Å². The first-order valence-corrected chi connectivity index (χ1v) is 9.82. The number of benzene rings is 2. The summed E-state index contributed by atoms with van der Waals surface area (Å²) in [6.07, 6.45) is 0. The SMILES string of the molecule is CCOc1ccc(-c2ccc(=O)n(C(C)C(=O)Nc3cc(OC)ccc3OC)n2)cc1. The Morgan fingerprint density at radius 1 is 1.03 bits per heavy atom. The van der Waals surface area contributed by atoms with E-state index in [1.807, 2.05) is 31.2 Å². The number of hydrogen-bond donors (Lipinski definition) is 1. The Kier molecular flexibility index (Phi) is 6.92. The summed E-state index contributed by atoms with van der Waals surface area (Å²) in [5.74, 6) is 1.38. The van der Waals surface area contributed by atoms with E-state index in [0.717, 1.165) is 16.0 Å². The molecule has 162 valence electrons. The Morgan fingerprint density at radius 2 is 1.74 bits per heavy atom. The van der Waals surface area contributed by atoms with Gasteiger partial charge in [0.2, 0.25) is 5.91 Å². The number of rotatable bonds is 8. The molecule has 1 aromatic heterocycles. The molecule has 1 amide bonds. The molecule has 3 aromatic rings. The van der Waals surface area contributed by atoms with Gasteiger partial charge in [-0.3, -0.25) is 9.59 Å². The van der Waals surface area contributed by atoms with Gasteiger partial charge in [-0.15, -0.1) is 0 Å². The lowest BCUT2D eigenvalue weighted by atomic mass is 10.1. The van der Waals surface area contributed by atoms with Gasteiger partial charge in [0, 0.05) is 17.7 Å². The van der Waals surface area contributed by atoms with Crippen LogP contribution in [0.15, 0.2) is 59.4 Å². The van der Waals surface area contributed by atoms with Crippen LogP contribution in [0.2, 0.25) is 0 Å². The lowest BCUT2D eigenvalue weighted by molar-refractivity contribution is -0.119. The summed E-state index contributed by atoms with van der Waals surface area (Å²) in [4.78, 5) is 25.3. The van der Waals surface area contributed by atoms with Gasteiger partial charge in [-0.1, -0.05) is 0 Å². The lowest BCUT2D eigenvalue weighted by Gasteiger charge is -2.17. The fraction of sp³-hybridized carbons (Fsp3) is 0.261. The summed E-state index contributed by atoms with van der Waals surface area (Å²) in [5, 5.41) is 7.19. The van der Waals surface area contributed by atoms with Gasteiger partial charge in [0.1, 0.15) is 23.3 Å². The van der Waals surface area contributed by atoms with E-state index in [4.69, 9.17) is 14.2 Å². The number of amides is 1. The molecule has 0 saturated carbocycles. The van der Waals surface area contributed by atoms with E-state index >= 15 is 0 Å². The molecular formula is C23H25N3O5. The Balaban J connectivity index is 1.86. The first kappa shape index (κ1) is 21.9. The topological polar surface area (TPSA) is 91.7 Å². The number of hydrogen-bond acceptors (Lipinski definition) is 6. The Bertz CT molecular complexity index is 1110. The second-order valence-corrected chi connectivity index (χ2v) is 6.69. The van der Waals surface area contributed by atoms with Gasteiger partial charge in [-0.2, -0.15) is 5.10 Å². The largest absolute Gasteiger partial charge is 0.497 e. The van der Waals surface area contributed by atoms with Crippen molar-refractivity contribution in [2.24, 2.45) is 0 Å². The average Bonchev–Trinajstić information content (AvgIpc) is 2.79. The van der Waals surface area contributed by atoms with Crippen LogP contribution in [0.4, 0.5) is 5.69 Å². The summed E-state index contributed by atoms with van der Waals surface area (Å²) in [7, 11) is 3.04. The molecule has 0 radical (unpaired) electrons. The minimum atomic E-state index is -0.856. The van der Waals surface area contributed by atoms with Gasteiger partial charge < -0.3 is 19.5 Å². The third-order valence-electron chi connectivity index (χ3n) is 4.70. The van der Waals surface area contributed by atoms with Crippen molar-refractivity contribution in [1.29, 1.82) is 0 Å². The van der Waals surface area contributed by atoms with Gasteiger partial charge in [0.05, 0.1) is 32.2 Å². The Morgan fingerprint density at radius 3 is 2.39 bits per heavy atom. The van der Waals surface area contributed by atoms with Crippen LogP contribution in [-0.4, -0.2) is 36.5 Å². The van der Waals surface area contributed by atoms with Crippen molar-refractivity contribution in [1.82, 2.24) is 9.78 Å². The molecule has 0 fully saturated rings. The molecule has 3 rings (SSSR count). The number of carbonyl (C=O) groups is 1. The van der Waals surface area contributed by atoms with E-state index in [0.29, 0.717) is 29.5 Å². The monoisotopic (exact) mass is 423 g/mol. The van der Waals surface area contributed by atoms with Crippen molar-refractivity contribution in [2.45, 2.75) is 19.9 Å². The second-order valence-electron chi connectivity index (χ2n) is 6.69. The zero-order valence-electron chi connectivity index (χ0n) is 17.9. The first-order chi connectivity index (χ1) is 15.0. The predicted molar refractivity (Wildman–Crippen MR) is 118 cm³/mol. The van der Waals surface area contributed by atoms with E-state index in [9.17, 15) is 9.59 Å². The van der Waals surface area contributed by atoms with Crippen LogP contribution < -0.4 is 25.1 Å². The minimum Gasteiger partial charge on any atom is -0.497 e. The van der Waals surface area contributed by atoms with E-state index in [1.54, 1.807) is 31.2 Å². The molecule has 2 aromatic carbocycles. The fourth-order valence-electron chi connectivity index (χ4n) is 3.01. The van der Waals surface area contributed by atoms with Crippen molar-refractivity contribution in [3.8, 4) is 28.5 Å². The highest BCUT2D eigenvalue weighted by Crippen LogP contribution is 2.29. The highest BCUT2D eigenvalue weighted by atomic mass is 16.5. The summed E-state index contributed by atoms with van der Waals surface area (Å²) in [6.45, 7) is 4.10. The molecule has 8 heteroatoms. The molecule has 0 saturated heterocycles. The maximum absolute atomic E-state index is 12.9. The molecule has 0 aliphatic heterocycles. The average molecular weight is 423 g/mol. The molecule has 8 nitrogen and oxygen atoms in total. The number of nitrogens with one attached hydrogen (secondary N) is 1. The Labute approximate surface area is 180 Å².